The molecule has 0 spiro atoms. The molecule has 0 aromatic carbocycles. The van der Waals surface area contributed by atoms with Gasteiger partial charge in [-0.1, -0.05) is 15.9 Å². The van der Waals surface area contributed by atoms with Crippen LogP contribution in [0, 0.1) is 11.8 Å². The Bertz CT molecular complexity index is 155. The average Bonchev–Trinajstić information content (AvgIpc) is 2.07. The van der Waals surface area contributed by atoms with Crippen molar-refractivity contribution in [1.29, 1.82) is 0 Å². The van der Waals surface area contributed by atoms with Gasteiger partial charge in [0.1, 0.15) is 5.78 Å². The van der Waals surface area contributed by atoms with Crippen molar-refractivity contribution in [2.24, 2.45) is 11.8 Å². The summed E-state index contributed by atoms with van der Waals surface area (Å²) < 4.78 is 0. The van der Waals surface area contributed by atoms with Crippen molar-refractivity contribution in [1.82, 2.24) is 0 Å². The van der Waals surface area contributed by atoms with E-state index in [2.05, 4.69) is 15.9 Å². The molecule has 0 unspecified atom stereocenters. The molecule has 0 bridgehead atoms. The van der Waals surface area contributed by atoms with E-state index in [0.717, 1.165) is 12.8 Å². The maximum atomic E-state index is 10.8. The fourth-order valence-corrected chi connectivity index (χ4v) is 2.73. The molecule has 3 atom stereocenters. The molecule has 0 N–H and O–H groups in total. The fourth-order valence-electron chi connectivity index (χ4n) is 1.91. The third-order valence-corrected chi connectivity index (χ3v) is 3.72. The van der Waals surface area contributed by atoms with Gasteiger partial charge in [-0.05, 0) is 18.8 Å². The zero-order valence-corrected chi connectivity index (χ0v) is 6.73. The van der Waals surface area contributed by atoms with Crippen LogP contribution in [0.4, 0.5) is 0 Å². The smallest absolute Gasteiger partial charge is 0.136 e. The average molecular weight is 189 g/mol. The Hall–Kier alpha value is 0.150. The predicted octanol–water partition coefficient (Wildman–Crippen LogP) is 1.75. The van der Waals surface area contributed by atoms with E-state index in [1.807, 2.05) is 0 Å². The van der Waals surface area contributed by atoms with Crippen LogP contribution >= 0.6 is 15.9 Å². The second-order valence-electron chi connectivity index (χ2n) is 3.03. The van der Waals surface area contributed by atoms with E-state index in [1.165, 1.54) is 6.42 Å². The van der Waals surface area contributed by atoms with Crippen LogP contribution in [0.15, 0.2) is 0 Å². The molecule has 2 saturated carbocycles. The van der Waals surface area contributed by atoms with Gasteiger partial charge in [-0.3, -0.25) is 4.79 Å². The van der Waals surface area contributed by atoms with Crippen molar-refractivity contribution in [2.45, 2.75) is 24.1 Å². The molecule has 2 fully saturated rings. The highest BCUT2D eigenvalue weighted by atomic mass is 79.9. The van der Waals surface area contributed by atoms with Gasteiger partial charge in [-0.2, -0.15) is 0 Å². The van der Waals surface area contributed by atoms with Crippen LogP contribution in [0.3, 0.4) is 0 Å². The van der Waals surface area contributed by atoms with Gasteiger partial charge in [0.05, 0.1) is 0 Å². The van der Waals surface area contributed by atoms with Gasteiger partial charge in [0.2, 0.25) is 0 Å². The number of ketones is 1. The van der Waals surface area contributed by atoms with Crippen molar-refractivity contribution in [2.75, 3.05) is 0 Å². The van der Waals surface area contributed by atoms with Crippen LogP contribution < -0.4 is 0 Å². The summed E-state index contributed by atoms with van der Waals surface area (Å²) in [4.78, 5) is 11.5. The van der Waals surface area contributed by atoms with E-state index in [9.17, 15) is 4.79 Å². The van der Waals surface area contributed by atoms with Crippen LogP contribution in [0.25, 0.3) is 0 Å². The quantitative estimate of drug-likeness (QED) is 0.530. The Balaban J connectivity index is 2.11. The van der Waals surface area contributed by atoms with Gasteiger partial charge in [-0.15, -0.1) is 0 Å². The first-order valence-electron chi connectivity index (χ1n) is 3.46. The number of carbonyl (C=O) groups is 1. The van der Waals surface area contributed by atoms with Gasteiger partial charge >= 0.3 is 0 Å². The molecule has 9 heavy (non-hydrogen) atoms. The number of hydrogen-bond acceptors (Lipinski definition) is 1. The molecule has 1 nitrogen and oxygen atoms in total. The SMILES string of the molecule is O=C1C[C@H]2[C@@H]1CC[C@@H]2Br. The van der Waals surface area contributed by atoms with E-state index >= 15 is 0 Å². The molecule has 0 radical (unpaired) electrons. The maximum absolute atomic E-state index is 10.8. The molecule has 0 amide bonds. The zero-order valence-electron chi connectivity index (χ0n) is 5.14. The molecule has 2 heteroatoms. The molecule has 50 valence electrons. The molecular weight excluding hydrogens is 180 g/mol. The normalized spacial score (nSPS) is 48.6. The summed E-state index contributed by atoms with van der Waals surface area (Å²) in [7, 11) is 0. The molecule has 2 aliphatic carbocycles. The predicted molar refractivity (Wildman–Crippen MR) is 38.6 cm³/mol. The topological polar surface area (TPSA) is 17.1 Å². The van der Waals surface area contributed by atoms with Gasteiger partial charge < -0.3 is 0 Å². The van der Waals surface area contributed by atoms with Crippen LogP contribution in [0.5, 0.6) is 0 Å². The van der Waals surface area contributed by atoms with Crippen LogP contribution in [-0.4, -0.2) is 10.6 Å². The van der Waals surface area contributed by atoms with Crippen molar-refractivity contribution in [3.05, 3.63) is 0 Å². The summed E-state index contributed by atoms with van der Waals surface area (Å²) in [6.07, 6.45) is 3.20. The minimum atomic E-state index is 0.453. The van der Waals surface area contributed by atoms with Crippen LogP contribution in [0.2, 0.25) is 0 Å². The molecule has 2 aliphatic rings. The Kier molecular flexibility index (Phi) is 1.19. The molecule has 0 aliphatic heterocycles. The summed E-state index contributed by atoms with van der Waals surface area (Å²) in [5, 5.41) is 0. The summed E-state index contributed by atoms with van der Waals surface area (Å²) in [5.41, 5.74) is 0. The second kappa shape index (κ2) is 1.82. The highest BCUT2D eigenvalue weighted by Crippen LogP contribution is 2.47. The number of carbonyl (C=O) groups excluding carboxylic acids is 1. The zero-order chi connectivity index (χ0) is 6.43. The molecule has 0 heterocycles. The summed E-state index contributed by atoms with van der Waals surface area (Å²) in [6, 6.07) is 0. The third kappa shape index (κ3) is 0.689. The number of fused-ring (bicyclic) bond motifs is 1. The lowest BCUT2D eigenvalue weighted by Gasteiger charge is -2.30. The third-order valence-electron chi connectivity index (χ3n) is 2.59. The standard InChI is InChI=1S/C7H9BrO/c8-6-2-1-4-5(6)3-7(4)9/h4-6H,1-3H2/t4-,5-,6-/m0/s1. The number of rotatable bonds is 0. The van der Waals surface area contributed by atoms with Crippen molar-refractivity contribution in [3.63, 3.8) is 0 Å². The number of halogens is 1. The summed E-state index contributed by atoms with van der Waals surface area (Å²) >= 11 is 3.57. The minimum absolute atomic E-state index is 0.453. The largest absolute Gasteiger partial charge is 0.299 e. The summed E-state index contributed by atoms with van der Waals surface area (Å²) in [5.74, 6) is 1.66. The van der Waals surface area contributed by atoms with E-state index in [4.69, 9.17) is 0 Å². The fraction of sp³-hybridized carbons (Fsp3) is 0.857. The Morgan fingerprint density at radius 3 is 2.67 bits per heavy atom. The first-order chi connectivity index (χ1) is 4.29. The lowest BCUT2D eigenvalue weighted by Crippen LogP contribution is -2.35. The highest BCUT2D eigenvalue weighted by Gasteiger charge is 2.47. The molecule has 0 saturated heterocycles. The lowest BCUT2D eigenvalue weighted by molar-refractivity contribution is -0.132. The summed E-state index contributed by atoms with van der Waals surface area (Å²) in [6.45, 7) is 0. The Morgan fingerprint density at radius 1 is 1.44 bits per heavy atom. The van der Waals surface area contributed by atoms with E-state index in [-0.39, 0.29) is 0 Å². The van der Waals surface area contributed by atoms with Gasteiger partial charge in [0.15, 0.2) is 0 Å². The number of alkyl halides is 1. The van der Waals surface area contributed by atoms with Crippen LogP contribution in [-0.2, 0) is 4.79 Å². The van der Waals surface area contributed by atoms with Crippen molar-refractivity contribution >= 4 is 21.7 Å². The highest BCUT2D eigenvalue weighted by molar-refractivity contribution is 9.09. The first kappa shape index (κ1) is 5.90. The maximum Gasteiger partial charge on any atom is 0.136 e. The lowest BCUT2D eigenvalue weighted by atomic mass is 9.75. The minimum Gasteiger partial charge on any atom is -0.299 e. The van der Waals surface area contributed by atoms with Crippen LogP contribution in [0.1, 0.15) is 19.3 Å². The second-order valence-corrected chi connectivity index (χ2v) is 4.21. The van der Waals surface area contributed by atoms with E-state index < -0.39 is 0 Å². The molecule has 2 rings (SSSR count). The van der Waals surface area contributed by atoms with E-state index in [0.29, 0.717) is 22.4 Å². The van der Waals surface area contributed by atoms with Gasteiger partial charge in [0.25, 0.3) is 0 Å². The Morgan fingerprint density at radius 2 is 2.22 bits per heavy atom. The van der Waals surface area contributed by atoms with Crippen molar-refractivity contribution < 1.29 is 4.79 Å². The number of Topliss-reactive ketones (excluding diaryl/α,β-unsaturated/α-hetero) is 1. The first-order valence-corrected chi connectivity index (χ1v) is 4.37. The Labute approximate surface area is 62.9 Å². The van der Waals surface area contributed by atoms with E-state index in [1.54, 1.807) is 0 Å². The monoisotopic (exact) mass is 188 g/mol. The van der Waals surface area contributed by atoms with Gasteiger partial charge in [-0.25, -0.2) is 0 Å². The molecule has 0 aromatic rings. The molecule has 0 aromatic heterocycles. The van der Waals surface area contributed by atoms with Gasteiger partial charge in [0, 0.05) is 17.2 Å². The van der Waals surface area contributed by atoms with Crippen molar-refractivity contribution in [3.8, 4) is 0 Å². The number of hydrogen-bond donors (Lipinski definition) is 0. The molecular formula is C7H9BrO.